The van der Waals surface area contributed by atoms with E-state index in [0.717, 1.165) is 0 Å². The summed E-state index contributed by atoms with van der Waals surface area (Å²) in [5, 5.41) is 0. The van der Waals surface area contributed by atoms with Crippen LogP contribution in [0.25, 0.3) is 0 Å². The average Bonchev–Trinajstić information content (AvgIpc) is 3.44. The van der Waals surface area contributed by atoms with E-state index in [1.165, 1.54) is 328 Å². The molecular formula is C64H144B4F16N4. The molecular weight excluding hydrogens is 1170 g/mol. The first-order valence-electron chi connectivity index (χ1n) is 35.9. The van der Waals surface area contributed by atoms with Crippen molar-refractivity contribution in [3.63, 3.8) is 0 Å². The van der Waals surface area contributed by atoms with Gasteiger partial charge < -0.3 is 87.0 Å². The highest BCUT2D eigenvalue weighted by Gasteiger charge is 2.29. The van der Waals surface area contributed by atoms with Crippen LogP contribution in [0.2, 0.25) is 0 Å². The van der Waals surface area contributed by atoms with Crippen molar-refractivity contribution in [3.05, 3.63) is 0 Å². The third-order valence-corrected chi connectivity index (χ3v) is 15.8. The summed E-state index contributed by atoms with van der Waals surface area (Å²) in [5.41, 5.74) is 0. The molecule has 0 heterocycles. The Bertz CT molecular complexity index is 957. The maximum Gasteiger partial charge on any atom is 0.673 e. The van der Waals surface area contributed by atoms with Gasteiger partial charge in [-0.2, -0.15) is 0 Å². The van der Waals surface area contributed by atoms with Crippen LogP contribution < -0.4 is 0 Å². The summed E-state index contributed by atoms with van der Waals surface area (Å²) >= 11 is 0. The van der Waals surface area contributed by atoms with Gasteiger partial charge in [-0.05, 0) is 103 Å². The number of nitrogens with zero attached hydrogens (tertiary/aromatic N) is 4. The largest absolute Gasteiger partial charge is 0.673 e. The first-order valence-corrected chi connectivity index (χ1v) is 35.9. The lowest BCUT2D eigenvalue weighted by Crippen LogP contribution is -2.50. The highest BCUT2D eigenvalue weighted by Crippen LogP contribution is 2.21. The maximum atomic E-state index is 9.75. The van der Waals surface area contributed by atoms with Crippen molar-refractivity contribution in [3.8, 4) is 0 Å². The molecule has 88 heavy (non-hydrogen) atoms. The highest BCUT2D eigenvalue weighted by molar-refractivity contribution is 6.51. The highest BCUT2D eigenvalue weighted by atomic mass is 19.5. The monoisotopic (exact) mass is 1320 g/mol. The predicted octanol–water partition coefficient (Wildman–Crippen LogP) is 25.2. The van der Waals surface area contributed by atoms with E-state index in [1.807, 2.05) is 0 Å². The predicted molar refractivity (Wildman–Crippen MR) is 358 cm³/mol. The van der Waals surface area contributed by atoms with Crippen molar-refractivity contribution in [2.45, 2.75) is 316 Å². The van der Waals surface area contributed by atoms with Gasteiger partial charge in [0.05, 0.1) is 105 Å². The molecule has 0 spiro atoms. The molecule has 0 amide bonds. The van der Waals surface area contributed by atoms with Crippen molar-refractivity contribution in [1.29, 1.82) is 0 Å². The van der Waals surface area contributed by atoms with Crippen molar-refractivity contribution in [2.24, 2.45) is 0 Å². The molecule has 0 rings (SSSR count). The molecule has 0 aromatic rings. The molecule has 4 nitrogen and oxygen atoms in total. The van der Waals surface area contributed by atoms with E-state index in [4.69, 9.17) is 0 Å². The molecule has 0 N–H and O–H groups in total. The van der Waals surface area contributed by atoms with E-state index < -0.39 is 29.0 Å². The first kappa shape index (κ1) is 103. The Kier molecular flexibility index (Phi) is 80.6. The Morgan fingerprint density at radius 1 is 0.136 bits per heavy atom. The Morgan fingerprint density at radius 3 is 0.216 bits per heavy atom. The van der Waals surface area contributed by atoms with Gasteiger partial charge in [0, 0.05) is 0 Å². The summed E-state index contributed by atoms with van der Waals surface area (Å²) in [4.78, 5) is 0. The number of rotatable bonds is 48. The lowest BCUT2D eigenvalue weighted by atomic mass is 10.1. The Morgan fingerprint density at radius 2 is 0.182 bits per heavy atom. The average molecular weight is 1320 g/mol. The Balaban J connectivity index is -0.000000146. The molecule has 0 aliphatic rings. The van der Waals surface area contributed by atoms with Crippen LogP contribution in [-0.4, -0.2) is 152 Å². The smallest absolute Gasteiger partial charge is 0.418 e. The van der Waals surface area contributed by atoms with Gasteiger partial charge in [-0.15, -0.1) is 0 Å². The summed E-state index contributed by atoms with van der Waals surface area (Å²) < 4.78 is 162. The zero-order valence-corrected chi connectivity index (χ0v) is 60.1. The van der Waals surface area contributed by atoms with Gasteiger partial charge >= 0.3 is 29.0 Å². The lowest BCUT2D eigenvalue weighted by molar-refractivity contribution is -0.929. The molecule has 0 aliphatic heterocycles. The number of hydrogen-bond acceptors (Lipinski definition) is 0. The van der Waals surface area contributed by atoms with Crippen LogP contribution in [0, 0.1) is 0 Å². The lowest BCUT2D eigenvalue weighted by Gasteiger charge is -2.39. The molecule has 24 heteroatoms. The minimum Gasteiger partial charge on any atom is -0.418 e. The second-order valence-corrected chi connectivity index (χ2v) is 24.6. The number of hydrogen-bond donors (Lipinski definition) is 0. The zero-order valence-electron chi connectivity index (χ0n) is 60.1. The number of halogens is 16. The molecule has 0 unspecified atom stereocenters. The van der Waals surface area contributed by atoms with Gasteiger partial charge in [-0.3, -0.25) is 0 Å². The van der Waals surface area contributed by atoms with Gasteiger partial charge in [0.15, 0.2) is 0 Å². The molecule has 0 bridgehead atoms. The van der Waals surface area contributed by atoms with E-state index in [2.05, 4.69) is 111 Å². The first-order chi connectivity index (χ1) is 41.0. The molecule has 0 aliphatic carbocycles. The van der Waals surface area contributed by atoms with Gasteiger partial charge in [-0.1, -0.05) is 214 Å². The van der Waals surface area contributed by atoms with Crippen LogP contribution in [0.15, 0.2) is 0 Å². The molecule has 0 radical (unpaired) electrons. The molecule has 0 saturated heterocycles. The topological polar surface area (TPSA) is 0 Å². The van der Waals surface area contributed by atoms with Crippen molar-refractivity contribution in [1.82, 2.24) is 0 Å². The van der Waals surface area contributed by atoms with Crippen LogP contribution in [0.3, 0.4) is 0 Å². The fourth-order valence-corrected chi connectivity index (χ4v) is 10.6. The summed E-state index contributed by atoms with van der Waals surface area (Å²) in [6, 6.07) is 0. The summed E-state index contributed by atoms with van der Waals surface area (Å²) in [5.74, 6) is 0. The fraction of sp³-hybridized carbons (Fsp3) is 1.00. The minimum absolute atomic E-state index is 1.35. The molecule has 544 valence electrons. The van der Waals surface area contributed by atoms with Gasteiger partial charge in [0.25, 0.3) is 0 Å². The van der Waals surface area contributed by atoms with E-state index in [9.17, 15) is 69.1 Å². The second-order valence-electron chi connectivity index (χ2n) is 24.6. The fourth-order valence-electron chi connectivity index (χ4n) is 10.6. The van der Waals surface area contributed by atoms with Crippen molar-refractivity contribution in [2.75, 3.05) is 105 Å². The minimum atomic E-state index is -6.00. The summed E-state index contributed by atoms with van der Waals surface area (Å²) in [6.07, 6.45) is 44.2. The molecule has 0 saturated carbocycles. The van der Waals surface area contributed by atoms with Crippen LogP contribution >= 0.6 is 0 Å². The van der Waals surface area contributed by atoms with Gasteiger partial charge in [0.1, 0.15) is 0 Å². The zero-order chi connectivity index (χ0) is 69.9. The SMILES string of the molecule is CCCC[N+](CCCC)(CCCC)CCCC.CCCC[N+](CCCC)(CCCC)CCCC.CCCC[N+](CCCC)(CCCC)CCCC.CCCC[N+](CCCC)(CCCC)CCCC.F[B-](F)(F)F.F[B-](F)(F)F.F[B-](F)(F)F.F[B-](F)(F)F. The Hall–Kier alpha value is -1.02. The third-order valence-electron chi connectivity index (χ3n) is 15.8. The maximum absolute atomic E-state index is 9.75. The van der Waals surface area contributed by atoms with Crippen LogP contribution in [0.1, 0.15) is 316 Å². The van der Waals surface area contributed by atoms with E-state index in [1.54, 1.807) is 0 Å². The summed E-state index contributed by atoms with van der Waals surface area (Å²) in [7, 11) is -24.0. The van der Waals surface area contributed by atoms with E-state index >= 15 is 0 Å². The molecule has 0 fully saturated rings. The summed E-state index contributed by atoms with van der Waals surface area (Å²) in [6.45, 7) is 60.1. The number of unbranched alkanes of at least 4 members (excludes halogenated alkanes) is 16. The number of quaternary nitrogens is 4. The normalized spacial score (nSPS) is 12.0. The second kappa shape index (κ2) is 68.8. The Labute approximate surface area is 535 Å². The third kappa shape index (κ3) is 96.1. The quantitative estimate of drug-likeness (QED) is 0.0324. The standard InChI is InChI=1S/4C16H36N.4BF4/c4*1-5-9-13-17(14-10-6-2,15-11-7-3)16-12-8-4;4*2-1(3,4)5/h4*5-16H2,1-4H3;;;;/q4*+1;4*-1. The molecule has 0 aromatic carbocycles. The molecule has 0 atom stereocenters. The van der Waals surface area contributed by atoms with Gasteiger partial charge in [0.2, 0.25) is 0 Å². The van der Waals surface area contributed by atoms with Crippen LogP contribution in [0.4, 0.5) is 69.1 Å². The van der Waals surface area contributed by atoms with Crippen LogP contribution in [0.5, 0.6) is 0 Å². The van der Waals surface area contributed by atoms with E-state index in [0.29, 0.717) is 0 Å². The van der Waals surface area contributed by atoms with Crippen molar-refractivity contribution >= 4 is 29.0 Å². The van der Waals surface area contributed by atoms with Gasteiger partial charge in [-0.25, -0.2) is 0 Å². The van der Waals surface area contributed by atoms with Crippen LogP contribution in [-0.2, 0) is 0 Å². The van der Waals surface area contributed by atoms with Crippen molar-refractivity contribution < 1.29 is 87.0 Å². The molecule has 0 aromatic heterocycles. The van der Waals surface area contributed by atoms with E-state index in [-0.39, 0.29) is 0 Å².